The van der Waals surface area contributed by atoms with Gasteiger partial charge in [0.25, 0.3) is 6.43 Å². The van der Waals surface area contributed by atoms with Crippen LogP contribution in [0.5, 0.6) is 0 Å². The third-order valence-corrected chi connectivity index (χ3v) is 7.68. The molecule has 3 heterocycles. The highest BCUT2D eigenvalue weighted by Crippen LogP contribution is 2.31. The number of likely N-dealkylation sites (tertiary alicyclic amines) is 1. The monoisotopic (exact) mass is 529 g/mol. The second kappa shape index (κ2) is 9.85. The van der Waals surface area contributed by atoms with Gasteiger partial charge in [-0.2, -0.15) is 4.98 Å². The number of carbonyl (C=O) groups excluding carboxylic acids is 1. The molecule has 1 atom stereocenters. The minimum Gasteiger partial charge on any atom is -0.444 e. The van der Waals surface area contributed by atoms with Gasteiger partial charge < -0.3 is 19.9 Å². The number of benzene rings is 2. The van der Waals surface area contributed by atoms with Gasteiger partial charge in [0, 0.05) is 47.8 Å². The van der Waals surface area contributed by atoms with Crippen LogP contribution < -0.4 is 10.2 Å². The number of halogens is 2. The van der Waals surface area contributed by atoms with Crippen molar-refractivity contribution >= 4 is 39.6 Å². The van der Waals surface area contributed by atoms with E-state index in [0.717, 1.165) is 10.5 Å². The molecule has 0 aliphatic carbocycles. The first kappa shape index (κ1) is 25.3. The second-order valence-corrected chi connectivity index (χ2v) is 11.8. The summed E-state index contributed by atoms with van der Waals surface area (Å²) in [5, 5.41) is 3.81. The van der Waals surface area contributed by atoms with E-state index in [1.807, 2.05) is 49.9 Å². The van der Waals surface area contributed by atoms with Crippen LogP contribution >= 0.6 is 0 Å². The molecule has 0 spiro atoms. The molecule has 1 fully saturated rings. The van der Waals surface area contributed by atoms with Crippen LogP contribution in [-0.4, -0.2) is 62.2 Å². The number of fused-ring (bicyclic) bond motifs is 2. The van der Waals surface area contributed by atoms with Crippen molar-refractivity contribution in [3.63, 3.8) is 0 Å². The molecule has 11 heteroatoms. The zero-order chi connectivity index (χ0) is 26.3. The van der Waals surface area contributed by atoms with Gasteiger partial charge in [-0.1, -0.05) is 24.3 Å². The van der Waals surface area contributed by atoms with E-state index in [1.54, 1.807) is 11.0 Å². The number of rotatable bonds is 4. The van der Waals surface area contributed by atoms with Crippen molar-refractivity contribution in [1.29, 1.82) is 0 Å². The van der Waals surface area contributed by atoms with Gasteiger partial charge in [0.2, 0.25) is 5.95 Å². The van der Waals surface area contributed by atoms with E-state index in [2.05, 4.69) is 10.3 Å². The molecule has 1 aromatic heterocycles. The number of amides is 1. The summed E-state index contributed by atoms with van der Waals surface area (Å²) in [5.74, 6) is 1.28. The largest absolute Gasteiger partial charge is 0.444 e. The first-order valence-corrected chi connectivity index (χ1v) is 13.4. The smallest absolute Gasteiger partial charge is 0.410 e. The van der Waals surface area contributed by atoms with Crippen LogP contribution in [-0.2, 0) is 22.1 Å². The number of alkyl halides is 2. The van der Waals surface area contributed by atoms with E-state index in [4.69, 9.17) is 9.72 Å². The summed E-state index contributed by atoms with van der Waals surface area (Å²) in [6.07, 6.45) is -3.02. The van der Waals surface area contributed by atoms with E-state index in [-0.39, 0.29) is 11.6 Å². The average molecular weight is 530 g/mol. The molecule has 2 aromatic carbocycles. The number of aromatic nitrogens is 2. The first-order valence-electron chi connectivity index (χ1n) is 12.1. The zero-order valence-electron chi connectivity index (χ0n) is 20.9. The lowest BCUT2D eigenvalue weighted by Gasteiger charge is -2.40. The minimum absolute atomic E-state index is 0.116. The Labute approximate surface area is 216 Å². The minimum atomic E-state index is -2.62. The Morgan fingerprint density at radius 3 is 2.65 bits per heavy atom. The highest BCUT2D eigenvalue weighted by Gasteiger charge is 2.34. The lowest BCUT2D eigenvalue weighted by atomic mass is 10.1. The highest BCUT2D eigenvalue weighted by atomic mass is 32.2. The maximum absolute atomic E-state index is 13.5. The maximum atomic E-state index is 13.5. The summed E-state index contributed by atoms with van der Waals surface area (Å²) in [4.78, 5) is 26.1. The van der Waals surface area contributed by atoms with E-state index in [9.17, 15) is 17.8 Å². The zero-order valence-corrected chi connectivity index (χ0v) is 21.7. The van der Waals surface area contributed by atoms with Crippen LogP contribution in [0.25, 0.3) is 10.9 Å². The molecule has 1 unspecified atom stereocenters. The molecule has 2 aliphatic heterocycles. The Kier molecular flexibility index (Phi) is 6.74. The molecule has 3 aromatic rings. The normalized spacial score (nSPS) is 18.4. The lowest BCUT2D eigenvalue weighted by Crippen LogP contribution is -2.58. The van der Waals surface area contributed by atoms with Crippen molar-refractivity contribution in [3.8, 4) is 0 Å². The molecule has 1 amide bonds. The fourth-order valence-corrected chi connectivity index (χ4v) is 5.64. The fourth-order valence-electron chi connectivity index (χ4n) is 4.37. The summed E-state index contributed by atoms with van der Waals surface area (Å²) in [6, 6.07) is 11.8. The van der Waals surface area contributed by atoms with E-state index >= 15 is 0 Å². The molecule has 5 rings (SSSR count). The molecule has 0 radical (unpaired) electrons. The van der Waals surface area contributed by atoms with Crippen LogP contribution in [0.1, 0.15) is 38.3 Å². The third-order valence-electron chi connectivity index (χ3n) is 6.24. The van der Waals surface area contributed by atoms with E-state index < -0.39 is 28.9 Å². The molecular weight excluding hydrogens is 500 g/mol. The van der Waals surface area contributed by atoms with Crippen LogP contribution in [0.4, 0.5) is 25.3 Å². The fraction of sp³-hybridized carbons (Fsp3) is 0.423. The van der Waals surface area contributed by atoms with Crippen molar-refractivity contribution in [2.24, 2.45) is 0 Å². The standard InChI is InChI=1S/C26H29F2N5O3S/c1-26(2,3)36-25(34)33-14-18(15-33)29-23-19-12-16(22(27)28)8-9-20(19)30-24(31-23)32-10-11-37(35)21-7-5-4-6-17(21)13-32/h4-9,12,18,22H,10-11,13-15H2,1-3H3,(H,29,30,31). The van der Waals surface area contributed by atoms with Crippen molar-refractivity contribution in [3.05, 3.63) is 53.6 Å². The molecule has 2 aliphatic rings. The Bertz CT molecular complexity index is 1360. The molecular formula is C26H29F2N5O3S. The summed E-state index contributed by atoms with van der Waals surface area (Å²) in [5.41, 5.74) is 0.763. The SMILES string of the molecule is CC(C)(C)OC(=O)N1CC(Nc2nc(N3CCS(=O)c4ccccc4C3)nc3ccc(C(F)F)cc23)C1. The molecule has 0 saturated carbocycles. The van der Waals surface area contributed by atoms with Crippen LogP contribution in [0.3, 0.4) is 0 Å². The van der Waals surface area contributed by atoms with Gasteiger partial charge >= 0.3 is 6.09 Å². The lowest BCUT2D eigenvalue weighted by molar-refractivity contribution is 0.0105. The topological polar surface area (TPSA) is 87.7 Å². The van der Waals surface area contributed by atoms with Gasteiger partial charge in [0.05, 0.1) is 22.4 Å². The van der Waals surface area contributed by atoms with Crippen molar-refractivity contribution < 1.29 is 22.5 Å². The van der Waals surface area contributed by atoms with E-state index in [0.29, 0.717) is 54.6 Å². The Hall–Kier alpha value is -3.34. The summed E-state index contributed by atoms with van der Waals surface area (Å²) >= 11 is 0. The molecule has 1 N–H and O–H groups in total. The number of ether oxygens (including phenoxy) is 1. The number of hydrogen-bond donors (Lipinski definition) is 1. The number of hydrogen-bond acceptors (Lipinski definition) is 7. The van der Waals surface area contributed by atoms with Crippen LogP contribution in [0.15, 0.2) is 47.4 Å². The number of nitrogens with one attached hydrogen (secondary N) is 1. The maximum Gasteiger partial charge on any atom is 0.410 e. The van der Waals surface area contributed by atoms with Crippen LogP contribution in [0, 0.1) is 0 Å². The molecule has 0 bridgehead atoms. The first-order chi connectivity index (χ1) is 17.6. The predicted molar refractivity (Wildman–Crippen MR) is 138 cm³/mol. The summed E-state index contributed by atoms with van der Waals surface area (Å²) in [6.45, 7) is 7.21. The molecule has 8 nitrogen and oxygen atoms in total. The Morgan fingerprint density at radius 1 is 1.16 bits per heavy atom. The molecule has 37 heavy (non-hydrogen) atoms. The predicted octanol–water partition coefficient (Wildman–Crippen LogP) is 4.73. The van der Waals surface area contributed by atoms with Crippen molar-refractivity contribution in [2.75, 3.05) is 35.6 Å². The Balaban J connectivity index is 1.44. The van der Waals surface area contributed by atoms with Crippen molar-refractivity contribution in [2.45, 2.75) is 50.3 Å². The Morgan fingerprint density at radius 2 is 1.92 bits per heavy atom. The van der Waals surface area contributed by atoms with E-state index in [1.165, 1.54) is 12.1 Å². The van der Waals surface area contributed by atoms with Gasteiger partial charge in [-0.15, -0.1) is 0 Å². The van der Waals surface area contributed by atoms with Gasteiger partial charge in [0.1, 0.15) is 11.4 Å². The van der Waals surface area contributed by atoms with Crippen LogP contribution in [0.2, 0.25) is 0 Å². The molecule has 196 valence electrons. The second-order valence-electron chi connectivity index (χ2n) is 10.3. The summed E-state index contributed by atoms with van der Waals surface area (Å²) in [7, 11) is -1.13. The van der Waals surface area contributed by atoms with Gasteiger partial charge in [-0.05, 0) is 44.5 Å². The highest BCUT2D eigenvalue weighted by molar-refractivity contribution is 7.85. The van der Waals surface area contributed by atoms with Gasteiger partial charge in [-0.3, -0.25) is 4.21 Å². The average Bonchev–Trinajstić information content (AvgIpc) is 2.98. The third kappa shape index (κ3) is 5.51. The number of carbonyl (C=O) groups is 1. The molecule has 1 saturated heterocycles. The summed E-state index contributed by atoms with van der Waals surface area (Å²) < 4.78 is 45.1. The number of anilines is 2. The number of nitrogens with zero attached hydrogens (tertiary/aromatic N) is 4. The van der Waals surface area contributed by atoms with Gasteiger partial charge in [0.15, 0.2) is 0 Å². The quantitative estimate of drug-likeness (QED) is 0.523. The van der Waals surface area contributed by atoms with Crippen molar-refractivity contribution in [1.82, 2.24) is 14.9 Å². The van der Waals surface area contributed by atoms with Gasteiger partial charge in [-0.25, -0.2) is 18.6 Å².